The van der Waals surface area contributed by atoms with Crippen LogP contribution in [0.5, 0.6) is 0 Å². The molecule has 0 aromatic carbocycles. The Hall–Kier alpha value is -2.05. The maximum absolute atomic E-state index is 11.3. The number of amides is 2. The van der Waals surface area contributed by atoms with E-state index in [2.05, 4.69) is 15.7 Å². The van der Waals surface area contributed by atoms with Gasteiger partial charge in [0.15, 0.2) is 0 Å². The number of nitrogens with zero attached hydrogens (tertiary/aromatic N) is 2. The lowest BCUT2D eigenvalue weighted by Crippen LogP contribution is -2.37. The summed E-state index contributed by atoms with van der Waals surface area (Å²) in [6, 6.07) is 1.61. The van der Waals surface area contributed by atoms with Gasteiger partial charge in [0.1, 0.15) is 0 Å². The summed E-state index contributed by atoms with van der Waals surface area (Å²) in [7, 11) is 1.84. The van der Waals surface area contributed by atoms with Gasteiger partial charge in [-0.25, -0.2) is 4.79 Å². The van der Waals surface area contributed by atoms with Crippen molar-refractivity contribution in [2.45, 2.75) is 19.3 Å². The van der Waals surface area contributed by atoms with Crippen LogP contribution in [0.3, 0.4) is 0 Å². The second kappa shape index (κ2) is 7.31. The zero-order valence-electron chi connectivity index (χ0n) is 10.3. The molecular formula is C11H18N4O3. The molecule has 0 radical (unpaired) electrons. The Labute approximate surface area is 105 Å². The molecule has 1 aromatic rings. The maximum atomic E-state index is 11.3. The number of nitrogens with one attached hydrogen (secondary N) is 2. The Balaban J connectivity index is 2.05. The highest BCUT2D eigenvalue weighted by molar-refractivity contribution is 5.73. The largest absolute Gasteiger partial charge is 0.481 e. The molecule has 100 valence electrons. The van der Waals surface area contributed by atoms with Gasteiger partial charge in [-0.05, 0) is 12.5 Å². The van der Waals surface area contributed by atoms with Crippen molar-refractivity contribution in [2.75, 3.05) is 13.1 Å². The quantitative estimate of drug-likeness (QED) is 0.602. The first kappa shape index (κ1) is 14.0. The minimum atomic E-state index is -0.854. The molecule has 0 aliphatic heterocycles. The Bertz CT molecular complexity index is 403. The molecule has 7 heteroatoms. The summed E-state index contributed by atoms with van der Waals surface area (Å²) >= 11 is 0. The Morgan fingerprint density at radius 2 is 2.11 bits per heavy atom. The fraction of sp³-hybridized carbons (Fsp3) is 0.545. The van der Waals surface area contributed by atoms with E-state index < -0.39 is 5.97 Å². The van der Waals surface area contributed by atoms with Gasteiger partial charge in [0, 0.05) is 39.2 Å². The Morgan fingerprint density at radius 3 is 2.72 bits per heavy atom. The zero-order chi connectivity index (χ0) is 13.4. The number of hydrogen-bond acceptors (Lipinski definition) is 3. The molecule has 0 aliphatic carbocycles. The average Bonchev–Trinajstić information content (AvgIpc) is 2.70. The van der Waals surface area contributed by atoms with Gasteiger partial charge in [-0.2, -0.15) is 5.10 Å². The summed E-state index contributed by atoms with van der Waals surface area (Å²) < 4.78 is 1.71. The third-order valence-electron chi connectivity index (χ3n) is 2.29. The topological polar surface area (TPSA) is 96.2 Å². The molecule has 0 fully saturated rings. The number of urea groups is 1. The smallest absolute Gasteiger partial charge is 0.314 e. The maximum Gasteiger partial charge on any atom is 0.314 e. The predicted octanol–water partition coefficient (Wildman–Crippen LogP) is 0.127. The third-order valence-corrected chi connectivity index (χ3v) is 2.29. The van der Waals surface area contributed by atoms with Gasteiger partial charge in [-0.1, -0.05) is 0 Å². The van der Waals surface area contributed by atoms with Crippen molar-refractivity contribution in [3.63, 3.8) is 0 Å². The number of carbonyl (C=O) groups excluding carboxylic acids is 1. The molecule has 0 spiro atoms. The van der Waals surface area contributed by atoms with Gasteiger partial charge < -0.3 is 15.7 Å². The molecule has 3 N–H and O–H groups in total. The van der Waals surface area contributed by atoms with Crippen LogP contribution in [-0.4, -0.2) is 40.0 Å². The van der Waals surface area contributed by atoms with Crippen LogP contribution in [0.4, 0.5) is 4.79 Å². The second-order valence-electron chi connectivity index (χ2n) is 3.91. The SMILES string of the molecule is Cn1ccc(CCNC(=O)NCCCC(=O)O)n1. The molecule has 7 nitrogen and oxygen atoms in total. The van der Waals surface area contributed by atoms with Crippen LogP contribution in [0.2, 0.25) is 0 Å². The number of aliphatic carboxylic acids is 1. The molecule has 0 saturated heterocycles. The van der Waals surface area contributed by atoms with Crippen molar-refractivity contribution in [2.24, 2.45) is 7.05 Å². The van der Waals surface area contributed by atoms with Gasteiger partial charge in [-0.15, -0.1) is 0 Å². The van der Waals surface area contributed by atoms with Crippen molar-refractivity contribution >= 4 is 12.0 Å². The number of aryl methyl sites for hydroxylation is 1. The number of carbonyl (C=O) groups is 2. The normalized spacial score (nSPS) is 10.1. The first-order valence-electron chi connectivity index (χ1n) is 5.80. The molecule has 1 rings (SSSR count). The van der Waals surface area contributed by atoms with E-state index in [1.807, 2.05) is 19.3 Å². The Morgan fingerprint density at radius 1 is 1.39 bits per heavy atom. The van der Waals surface area contributed by atoms with Crippen molar-refractivity contribution in [1.29, 1.82) is 0 Å². The van der Waals surface area contributed by atoms with E-state index in [4.69, 9.17) is 5.11 Å². The minimum absolute atomic E-state index is 0.0637. The van der Waals surface area contributed by atoms with Crippen LogP contribution in [0.15, 0.2) is 12.3 Å². The lowest BCUT2D eigenvalue weighted by atomic mass is 10.3. The Kier molecular flexibility index (Phi) is 5.69. The van der Waals surface area contributed by atoms with Crippen LogP contribution < -0.4 is 10.6 Å². The molecule has 1 aromatic heterocycles. The second-order valence-corrected chi connectivity index (χ2v) is 3.91. The van der Waals surface area contributed by atoms with Crippen molar-refractivity contribution in [3.8, 4) is 0 Å². The molecule has 18 heavy (non-hydrogen) atoms. The summed E-state index contributed by atoms with van der Waals surface area (Å²) in [5.74, 6) is -0.854. The van der Waals surface area contributed by atoms with Gasteiger partial charge in [-0.3, -0.25) is 9.48 Å². The van der Waals surface area contributed by atoms with Crippen LogP contribution >= 0.6 is 0 Å². The van der Waals surface area contributed by atoms with Crippen LogP contribution in [0, 0.1) is 0 Å². The highest BCUT2D eigenvalue weighted by atomic mass is 16.4. The standard InChI is InChI=1S/C11H18N4O3/c1-15-8-5-9(14-15)4-7-13-11(18)12-6-2-3-10(16)17/h5,8H,2-4,6-7H2,1H3,(H,16,17)(H2,12,13,18). The van der Waals surface area contributed by atoms with Gasteiger partial charge in [0.2, 0.25) is 0 Å². The molecule has 0 unspecified atom stereocenters. The van der Waals surface area contributed by atoms with E-state index >= 15 is 0 Å². The third kappa shape index (κ3) is 5.88. The average molecular weight is 254 g/mol. The number of carboxylic acids is 1. The zero-order valence-corrected chi connectivity index (χ0v) is 10.3. The number of aromatic nitrogens is 2. The first-order valence-corrected chi connectivity index (χ1v) is 5.80. The predicted molar refractivity (Wildman–Crippen MR) is 65.2 cm³/mol. The lowest BCUT2D eigenvalue weighted by molar-refractivity contribution is -0.137. The summed E-state index contributed by atoms with van der Waals surface area (Å²) in [6.45, 7) is 0.865. The van der Waals surface area contributed by atoms with E-state index in [1.165, 1.54) is 0 Å². The first-order chi connectivity index (χ1) is 8.58. The van der Waals surface area contributed by atoms with Gasteiger partial charge in [0.25, 0.3) is 0 Å². The summed E-state index contributed by atoms with van der Waals surface area (Å²) in [6.07, 6.45) is 3.02. The van der Waals surface area contributed by atoms with Crippen LogP contribution in [0.25, 0.3) is 0 Å². The van der Waals surface area contributed by atoms with E-state index in [0.29, 0.717) is 25.9 Å². The highest BCUT2D eigenvalue weighted by Crippen LogP contribution is 1.93. The summed E-state index contributed by atoms with van der Waals surface area (Å²) in [4.78, 5) is 21.5. The van der Waals surface area contributed by atoms with E-state index in [1.54, 1.807) is 4.68 Å². The molecule has 0 atom stereocenters. The fourth-order valence-electron chi connectivity index (χ4n) is 1.40. The van der Waals surface area contributed by atoms with Crippen LogP contribution in [0.1, 0.15) is 18.5 Å². The lowest BCUT2D eigenvalue weighted by Gasteiger charge is -2.05. The number of carboxylic acid groups (broad SMARTS) is 1. The monoisotopic (exact) mass is 254 g/mol. The van der Waals surface area contributed by atoms with Crippen LogP contribution in [-0.2, 0) is 18.3 Å². The molecule has 2 amide bonds. The summed E-state index contributed by atoms with van der Waals surface area (Å²) in [5.41, 5.74) is 0.920. The number of rotatable bonds is 7. The molecule has 0 aliphatic rings. The van der Waals surface area contributed by atoms with Gasteiger partial charge in [0.05, 0.1) is 5.69 Å². The fourth-order valence-corrected chi connectivity index (χ4v) is 1.40. The summed E-state index contributed by atoms with van der Waals surface area (Å²) in [5, 5.41) is 17.9. The molecule has 1 heterocycles. The molecular weight excluding hydrogens is 236 g/mol. The van der Waals surface area contributed by atoms with Gasteiger partial charge >= 0.3 is 12.0 Å². The van der Waals surface area contributed by atoms with Crippen molar-refractivity contribution < 1.29 is 14.7 Å². The minimum Gasteiger partial charge on any atom is -0.481 e. The highest BCUT2D eigenvalue weighted by Gasteiger charge is 2.02. The molecule has 0 saturated carbocycles. The van der Waals surface area contributed by atoms with E-state index in [-0.39, 0.29) is 12.5 Å². The van der Waals surface area contributed by atoms with Crippen molar-refractivity contribution in [3.05, 3.63) is 18.0 Å². The van der Waals surface area contributed by atoms with E-state index in [0.717, 1.165) is 5.69 Å². The number of hydrogen-bond donors (Lipinski definition) is 3. The van der Waals surface area contributed by atoms with E-state index in [9.17, 15) is 9.59 Å². The molecule has 0 bridgehead atoms. The van der Waals surface area contributed by atoms with Crippen molar-refractivity contribution in [1.82, 2.24) is 20.4 Å².